The van der Waals surface area contributed by atoms with E-state index in [0.29, 0.717) is 13.0 Å². The van der Waals surface area contributed by atoms with E-state index in [-0.39, 0.29) is 57.1 Å². The van der Waals surface area contributed by atoms with E-state index in [9.17, 15) is 13.2 Å². The van der Waals surface area contributed by atoms with E-state index in [1.807, 2.05) is 0 Å². The van der Waals surface area contributed by atoms with E-state index in [1.54, 1.807) is 7.05 Å². The van der Waals surface area contributed by atoms with Crippen LogP contribution >= 0.6 is 0 Å². The van der Waals surface area contributed by atoms with Gasteiger partial charge in [0.1, 0.15) is 0 Å². The average Bonchev–Trinajstić information content (AvgIpc) is 2.47. The Balaban J connectivity index is -0.000000419. The maximum absolute atomic E-state index is 10.3. The van der Waals surface area contributed by atoms with Crippen LogP contribution in [0.15, 0.2) is 0 Å². The van der Waals surface area contributed by atoms with Crippen molar-refractivity contribution < 1.29 is 28.0 Å². The fourth-order valence-corrected chi connectivity index (χ4v) is 2.29. The van der Waals surface area contributed by atoms with Crippen LogP contribution in [0.25, 0.3) is 0 Å². The second kappa shape index (κ2) is 20.3. The number of aliphatic hydroxyl groups is 1. The van der Waals surface area contributed by atoms with Gasteiger partial charge in [0.2, 0.25) is 0 Å². The van der Waals surface area contributed by atoms with Crippen molar-refractivity contribution in [3.8, 4) is 0 Å². The zero-order valence-corrected chi connectivity index (χ0v) is 15.1. The minimum atomic E-state index is -3.75. The molecule has 0 bridgehead atoms. The Labute approximate surface area is 189 Å². The summed E-state index contributed by atoms with van der Waals surface area (Å²) in [7, 11) is -2.13. The molecule has 0 spiro atoms. The van der Waals surface area contributed by atoms with Gasteiger partial charge in [0.25, 0.3) is 10.1 Å². The first-order chi connectivity index (χ1) is 10.7. The molecule has 0 aliphatic rings. The summed E-state index contributed by atoms with van der Waals surface area (Å²) in [5, 5.41) is 20.0. The van der Waals surface area contributed by atoms with Gasteiger partial charge in [0.15, 0.2) is 6.10 Å². The summed E-state index contributed by atoms with van der Waals surface area (Å²) in [6.07, 6.45) is 8.68. The Bertz CT molecular complexity index is 378. The number of rotatable bonds is 13. The van der Waals surface area contributed by atoms with Crippen LogP contribution in [0.4, 0.5) is 0 Å². The first-order valence-electron chi connectivity index (χ1n) is 8.25. The van der Waals surface area contributed by atoms with Crippen LogP contribution in [0, 0.1) is 0 Å². The monoisotopic (exact) mass is 395 g/mol. The number of unbranched alkanes of at least 4 members (excludes halogenated alkanes) is 7. The summed E-state index contributed by atoms with van der Waals surface area (Å²) >= 11 is 0. The van der Waals surface area contributed by atoms with Crippen LogP contribution in [0.3, 0.4) is 0 Å². The Morgan fingerprint density at radius 1 is 1.04 bits per heavy atom. The van der Waals surface area contributed by atoms with Gasteiger partial charge in [-0.15, -0.1) is 0 Å². The first kappa shape index (κ1) is 29.7. The van der Waals surface area contributed by atoms with E-state index in [1.165, 1.54) is 32.1 Å². The number of carboxylic acids is 1. The van der Waals surface area contributed by atoms with Gasteiger partial charge < -0.3 is 15.5 Å². The van der Waals surface area contributed by atoms with Crippen molar-refractivity contribution in [3.63, 3.8) is 0 Å². The number of carboxylic acid groups (broad SMARTS) is 1. The number of hydrogen-bond donors (Lipinski definition) is 4. The van der Waals surface area contributed by atoms with E-state index in [2.05, 4.69) is 12.2 Å². The Morgan fingerprint density at radius 3 is 1.83 bits per heavy atom. The molecule has 0 aliphatic heterocycles. The fourth-order valence-electron chi connectivity index (χ4n) is 1.83. The van der Waals surface area contributed by atoms with Crippen LogP contribution in [0.1, 0.15) is 64.7 Å². The number of carbonyl (C=O) groups is 1. The molecule has 0 rings (SSSR count). The molecule has 0 aliphatic carbocycles. The molecule has 4 N–H and O–H groups in total. The zero-order chi connectivity index (χ0) is 18.1. The van der Waals surface area contributed by atoms with Crippen LogP contribution < -0.4 is 5.32 Å². The normalized spacial score (nSPS) is 11.8. The molecule has 9 heteroatoms. The second-order valence-corrected chi connectivity index (χ2v) is 7.08. The molecule has 1 atom stereocenters. The molecule has 0 aromatic rings. The Morgan fingerprint density at radius 2 is 1.50 bits per heavy atom. The van der Waals surface area contributed by atoms with Crippen molar-refractivity contribution in [2.24, 2.45) is 0 Å². The van der Waals surface area contributed by atoms with E-state index < -0.39 is 22.2 Å². The average molecular weight is 396 g/mol. The summed E-state index contributed by atoms with van der Waals surface area (Å²) in [4.78, 5) is 10.3. The molecule has 0 heterocycles. The van der Waals surface area contributed by atoms with Crippen molar-refractivity contribution in [1.29, 1.82) is 0 Å². The fraction of sp³-hybridized carbons (Fsp3) is 0.933. The van der Waals surface area contributed by atoms with Gasteiger partial charge in [-0.05, 0) is 13.5 Å². The summed E-state index contributed by atoms with van der Waals surface area (Å²) in [5.41, 5.74) is 0. The molecule has 142 valence electrons. The summed E-state index contributed by atoms with van der Waals surface area (Å²) < 4.78 is 27.9. The first-order valence-corrected chi connectivity index (χ1v) is 9.86. The molecule has 0 amide bonds. The third-order valence-corrected chi connectivity index (χ3v) is 3.95. The van der Waals surface area contributed by atoms with E-state index >= 15 is 0 Å². The molecular weight excluding hydrogens is 361 g/mol. The van der Waals surface area contributed by atoms with Crippen LogP contribution in [0.5, 0.6) is 0 Å². The maximum atomic E-state index is 10.3. The topological polar surface area (TPSA) is 124 Å². The molecular formula is C15H34KNO6S. The van der Waals surface area contributed by atoms with Gasteiger partial charge in [0, 0.05) is 6.54 Å². The van der Waals surface area contributed by atoms with Gasteiger partial charge in [-0.25, -0.2) is 4.79 Å². The minimum absolute atomic E-state index is 0. The zero-order valence-electron chi connectivity index (χ0n) is 14.3. The van der Waals surface area contributed by atoms with Crippen molar-refractivity contribution in [2.45, 2.75) is 70.8 Å². The predicted octanol–water partition coefficient (Wildman–Crippen LogP) is 1.41. The number of aliphatic hydroxyl groups excluding tert-OH is 1. The van der Waals surface area contributed by atoms with Crippen LogP contribution in [-0.4, -0.2) is 106 Å². The molecule has 0 radical (unpaired) electrons. The third-order valence-electron chi connectivity index (χ3n) is 3.23. The van der Waals surface area contributed by atoms with Crippen molar-refractivity contribution in [1.82, 2.24) is 5.32 Å². The van der Waals surface area contributed by atoms with Gasteiger partial charge in [-0.2, -0.15) is 8.42 Å². The van der Waals surface area contributed by atoms with Crippen molar-refractivity contribution in [3.05, 3.63) is 0 Å². The quantitative estimate of drug-likeness (QED) is 0.211. The van der Waals surface area contributed by atoms with Crippen LogP contribution in [-0.2, 0) is 14.9 Å². The standard InChI is InChI=1S/C12H24O3.C3H9NO3S.K.H/c1-2-3-4-5-6-7-8-9-10-11(13)12(14)15;1-4-2-3-8(5,6)7;;/h11,13H,2-10H2,1H3,(H,14,15);4H,2-3H2,1H3,(H,5,6,7);;. The Kier molecular flexibility index (Phi) is 25.1. The van der Waals surface area contributed by atoms with E-state index in [4.69, 9.17) is 14.8 Å². The van der Waals surface area contributed by atoms with Gasteiger partial charge >= 0.3 is 57.4 Å². The number of hydrogen-bond acceptors (Lipinski definition) is 5. The molecule has 1 unspecified atom stereocenters. The number of aliphatic carboxylic acids is 1. The van der Waals surface area contributed by atoms with Gasteiger partial charge in [0.05, 0.1) is 5.75 Å². The molecule has 0 aromatic carbocycles. The molecule has 7 nitrogen and oxygen atoms in total. The third kappa shape index (κ3) is 27.8. The summed E-state index contributed by atoms with van der Waals surface area (Å²) in [6.45, 7) is 2.49. The van der Waals surface area contributed by atoms with E-state index in [0.717, 1.165) is 19.3 Å². The predicted molar refractivity (Wildman–Crippen MR) is 98.4 cm³/mol. The van der Waals surface area contributed by atoms with Crippen molar-refractivity contribution >= 4 is 67.5 Å². The SMILES string of the molecule is CCCCCCCCCCC(O)C(=O)O.CNCCS(=O)(=O)O.[KH]. The van der Waals surface area contributed by atoms with Gasteiger partial charge in [-0.3, -0.25) is 4.55 Å². The van der Waals surface area contributed by atoms with Crippen LogP contribution in [0.2, 0.25) is 0 Å². The summed E-state index contributed by atoms with van der Waals surface area (Å²) in [6, 6.07) is 0. The summed E-state index contributed by atoms with van der Waals surface area (Å²) in [5.74, 6) is -1.32. The second-order valence-electron chi connectivity index (χ2n) is 5.51. The Hall–Kier alpha value is 0.936. The molecule has 0 saturated heterocycles. The number of nitrogens with one attached hydrogen (secondary N) is 1. The molecule has 0 fully saturated rings. The van der Waals surface area contributed by atoms with Crippen molar-refractivity contribution in [2.75, 3.05) is 19.3 Å². The van der Waals surface area contributed by atoms with Gasteiger partial charge in [-0.1, -0.05) is 58.3 Å². The molecule has 0 aromatic heterocycles. The molecule has 0 saturated carbocycles. The molecule has 24 heavy (non-hydrogen) atoms.